The molecule has 0 radical (unpaired) electrons. The minimum atomic E-state index is -0.0399. The number of rotatable bonds is 6. The monoisotopic (exact) mass is 273 g/mol. The molecule has 0 saturated heterocycles. The summed E-state index contributed by atoms with van der Waals surface area (Å²) in [6, 6.07) is 0. The fourth-order valence-electron chi connectivity index (χ4n) is 1.24. The van der Waals surface area contributed by atoms with Crippen molar-refractivity contribution in [2.24, 2.45) is 7.05 Å². The molecule has 1 rings (SSSR count). The Hall–Kier alpha value is -0.840. The summed E-state index contributed by atoms with van der Waals surface area (Å²) in [5.74, 6) is -0.0399. The molecular weight excluding hydrogens is 258 g/mol. The van der Waals surface area contributed by atoms with E-state index >= 15 is 0 Å². The van der Waals surface area contributed by atoms with E-state index in [4.69, 9.17) is 0 Å². The molecule has 0 aliphatic rings. The number of carbonyl (C=O) groups excluding carboxylic acids is 1. The van der Waals surface area contributed by atoms with Gasteiger partial charge in [-0.15, -0.1) is 0 Å². The normalized spacial score (nSPS) is 10.3. The van der Waals surface area contributed by atoms with Crippen molar-refractivity contribution in [1.82, 2.24) is 15.1 Å². The number of aryl methyl sites for hydroxylation is 1. The number of nitrogens with zero attached hydrogens (tertiary/aromatic N) is 2. The number of halogens is 1. The molecule has 5 heteroatoms. The Kier molecular flexibility index (Phi) is 5.39. The first kappa shape index (κ1) is 12.2. The number of amides is 1. The lowest BCUT2D eigenvalue weighted by atomic mass is 10.2. The molecule has 1 N–H and O–H groups in total. The van der Waals surface area contributed by atoms with Crippen molar-refractivity contribution in [1.29, 1.82) is 0 Å². The van der Waals surface area contributed by atoms with Gasteiger partial charge in [0.25, 0.3) is 5.91 Å². The van der Waals surface area contributed by atoms with Crippen molar-refractivity contribution >= 4 is 21.8 Å². The summed E-state index contributed by atoms with van der Waals surface area (Å²) in [7, 11) is 1.80. The average molecular weight is 274 g/mol. The molecule has 0 aromatic carbocycles. The standard InChI is InChI=1S/C10H16BrN3O/c1-14-8-9(7-13-14)10(15)12-6-4-2-3-5-11/h7-8H,2-6H2,1H3,(H,12,15). The van der Waals surface area contributed by atoms with E-state index in [0.29, 0.717) is 5.56 Å². The SMILES string of the molecule is Cn1cc(C(=O)NCCCCCBr)cn1. The summed E-state index contributed by atoms with van der Waals surface area (Å²) in [5, 5.41) is 7.84. The first-order valence-electron chi connectivity index (χ1n) is 5.07. The second-order valence-electron chi connectivity index (χ2n) is 3.41. The molecule has 1 aromatic rings. The number of hydrogen-bond acceptors (Lipinski definition) is 2. The predicted molar refractivity (Wildman–Crippen MR) is 63.2 cm³/mol. The molecular formula is C10H16BrN3O. The van der Waals surface area contributed by atoms with Crippen molar-refractivity contribution in [2.75, 3.05) is 11.9 Å². The summed E-state index contributed by atoms with van der Waals surface area (Å²) in [6.45, 7) is 0.737. The smallest absolute Gasteiger partial charge is 0.254 e. The Labute approximate surface area is 98.2 Å². The molecule has 0 unspecified atom stereocenters. The summed E-state index contributed by atoms with van der Waals surface area (Å²) in [5.41, 5.74) is 0.623. The number of alkyl halides is 1. The van der Waals surface area contributed by atoms with Gasteiger partial charge in [0.15, 0.2) is 0 Å². The average Bonchev–Trinajstić information content (AvgIpc) is 2.64. The van der Waals surface area contributed by atoms with Gasteiger partial charge in [-0.1, -0.05) is 22.4 Å². The Morgan fingerprint density at radius 2 is 2.33 bits per heavy atom. The van der Waals surface area contributed by atoms with E-state index in [2.05, 4.69) is 26.3 Å². The molecule has 0 bridgehead atoms. The van der Waals surface area contributed by atoms with Gasteiger partial charge in [-0.25, -0.2) is 0 Å². The molecule has 0 atom stereocenters. The second kappa shape index (κ2) is 6.61. The number of hydrogen-bond donors (Lipinski definition) is 1. The zero-order valence-corrected chi connectivity index (χ0v) is 10.5. The van der Waals surface area contributed by atoms with Gasteiger partial charge in [-0.05, 0) is 12.8 Å². The van der Waals surface area contributed by atoms with Crippen LogP contribution in [-0.2, 0) is 7.05 Å². The lowest BCUT2D eigenvalue weighted by molar-refractivity contribution is 0.0953. The van der Waals surface area contributed by atoms with Gasteiger partial charge in [0, 0.05) is 25.1 Å². The lowest BCUT2D eigenvalue weighted by Crippen LogP contribution is -2.24. The molecule has 0 fully saturated rings. The third-order valence-electron chi connectivity index (χ3n) is 2.06. The van der Waals surface area contributed by atoms with Crippen LogP contribution in [0.2, 0.25) is 0 Å². The van der Waals surface area contributed by atoms with E-state index in [1.807, 2.05) is 0 Å². The maximum Gasteiger partial charge on any atom is 0.254 e. The van der Waals surface area contributed by atoms with Crippen LogP contribution in [0.4, 0.5) is 0 Å². The van der Waals surface area contributed by atoms with Crippen molar-refractivity contribution < 1.29 is 4.79 Å². The van der Waals surface area contributed by atoms with Crippen LogP contribution in [0.3, 0.4) is 0 Å². The van der Waals surface area contributed by atoms with Gasteiger partial charge in [0.2, 0.25) is 0 Å². The van der Waals surface area contributed by atoms with Crippen molar-refractivity contribution in [2.45, 2.75) is 19.3 Å². The molecule has 1 heterocycles. The van der Waals surface area contributed by atoms with Gasteiger partial charge in [0.1, 0.15) is 0 Å². The van der Waals surface area contributed by atoms with Gasteiger partial charge in [0.05, 0.1) is 11.8 Å². The Morgan fingerprint density at radius 1 is 1.53 bits per heavy atom. The molecule has 4 nitrogen and oxygen atoms in total. The largest absolute Gasteiger partial charge is 0.352 e. The summed E-state index contributed by atoms with van der Waals surface area (Å²) in [6.07, 6.45) is 6.61. The fourth-order valence-corrected chi connectivity index (χ4v) is 1.64. The quantitative estimate of drug-likeness (QED) is 0.634. The zero-order valence-electron chi connectivity index (χ0n) is 8.87. The Balaban J connectivity index is 2.19. The highest BCUT2D eigenvalue weighted by Crippen LogP contribution is 1.99. The molecule has 15 heavy (non-hydrogen) atoms. The van der Waals surface area contributed by atoms with Gasteiger partial charge >= 0.3 is 0 Å². The van der Waals surface area contributed by atoms with E-state index in [9.17, 15) is 4.79 Å². The van der Waals surface area contributed by atoms with E-state index in [1.165, 1.54) is 0 Å². The van der Waals surface area contributed by atoms with Crippen molar-refractivity contribution in [3.05, 3.63) is 18.0 Å². The van der Waals surface area contributed by atoms with Gasteiger partial charge < -0.3 is 5.32 Å². The Bertz CT molecular complexity index is 311. The van der Waals surface area contributed by atoms with Crippen LogP contribution in [-0.4, -0.2) is 27.6 Å². The first-order chi connectivity index (χ1) is 7.24. The minimum absolute atomic E-state index is 0.0399. The number of aromatic nitrogens is 2. The van der Waals surface area contributed by atoms with Gasteiger partial charge in [-0.3, -0.25) is 9.48 Å². The van der Waals surface area contributed by atoms with Crippen LogP contribution in [0.5, 0.6) is 0 Å². The molecule has 1 aromatic heterocycles. The third-order valence-corrected chi connectivity index (χ3v) is 2.62. The highest BCUT2D eigenvalue weighted by molar-refractivity contribution is 9.09. The van der Waals surface area contributed by atoms with Crippen LogP contribution >= 0.6 is 15.9 Å². The number of unbranched alkanes of at least 4 members (excludes halogenated alkanes) is 2. The topological polar surface area (TPSA) is 46.9 Å². The van der Waals surface area contributed by atoms with Crippen LogP contribution in [0.15, 0.2) is 12.4 Å². The second-order valence-corrected chi connectivity index (χ2v) is 4.20. The molecule has 1 amide bonds. The lowest BCUT2D eigenvalue weighted by Gasteiger charge is -2.02. The fraction of sp³-hybridized carbons (Fsp3) is 0.600. The molecule has 0 saturated carbocycles. The highest BCUT2D eigenvalue weighted by Gasteiger charge is 2.05. The van der Waals surface area contributed by atoms with Crippen LogP contribution in [0, 0.1) is 0 Å². The van der Waals surface area contributed by atoms with E-state index in [-0.39, 0.29) is 5.91 Å². The summed E-state index contributed by atoms with van der Waals surface area (Å²) < 4.78 is 1.62. The van der Waals surface area contributed by atoms with E-state index in [0.717, 1.165) is 31.1 Å². The maximum absolute atomic E-state index is 11.5. The third kappa shape index (κ3) is 4.46. The first-order valence-corrected chi connectivity index (χ1v) is 6.19. The zero-order chi connectivity index (χ0) is 11.1. The minimum Gasteiger partial charge on any atom is -0.352 e. The Morgan fingerprint density at radius 3 is 2.93 bits per heavy atom. The molecule has 0 spiro atoms. The van der Waals surface area contributed by atoms with E-state index < -0.39 is 0 Å². The molecule has 0 aliphatic carbocycles. The van der Waals surface area contributed by atoms with Gasteiger partial charge in [-0.2, -0.15) is 5.10 Å². The van der Waals surface area contributed by atoms with Crippen molar-refractivity contribution in [3.8, 4) is 0 Å². The van der Waals surface area contributed by atoms with Crippen LogP contribution < -0.4 is 5.32 Å². The molecule has 84 valence electrons. The maximum atomic E-state index is 11.5. The number of nitrogens with one attached hydrogen (secondary N) is 1. The van der Waals surface area contributed by atoms with Crippen LogP contribution in [0.1, 0.15) is 29.6 Å². The predicted octanol–water partition coefficient (Wildman–Crippen LogP) is 1.72. The number of carbonyl (C=O) groups is 1. The van der Waals surface area contributed by atoms with Crippen molar-refractivity contribution in [3.63, 3.8) is 0 Å². The van der Waals surface area contributed by atoms with E-state index in [1.54, 1.807) is 24.1 Å². The van der Waals surface area contributed by atoms with Crippen LogP contribution in [0.25, 0.3) is 0 Å². The summed E-state index contributed by atoms with van der Waals surface area (Å²) in [4.78, 5) is 11.5. The summed E-state index contributed by atoms with van der Waals surface area (Å²) >= 11 is 3.37. The molecule has 0 aliphatic heterocycles. The highest BCUT2D eigenvalue weighted by atomic mass is 79.9.